The van der Waals surface area contributed by atoms with Crippen molar-refractivity contribution in [2.24, 2.45) is 0 Å². The standard InChI is InChI=1S/C20H14O5.4CH3NO2/c21-16-12-14(19(22)24-17-7-3-1-4-8-17)11-15(13-16)20(23)25-18-9-5-2-6-10-18;4*1-2(3)4/h1-13,21H;4*1H3. The summed E-state index contributed by atoms with van der Waals surface area (Å²) in [5.41, 5.74) is 0.0905. The van der Waals surface area contributed by atoms with Crippen LogP contribution in [0.2, 0.25) is 0 Å². The van der Waals surface area contributed by atoms with E-state index in [1.165, 1.54) is 18.2 Å². The third-order valence-electron chi connectivity index (χ3n) is 3.30. The maximum Gasteiger partial charge on any atom is 0.343 e. The first kappa shape index (κ1) is 37.2. The van der Waals surface area contributed by atoms with Crippen molar-refractivity contribution in [2.75, 3.05) is 28.2 Å². The molecular formula is C24H26N4O13. The molecule has 0 aliphatic carbocycles. The molecule has 0 spiro atoms. The van der Waals surface area contributed by atoms with E-state index in [9.17, 15) is 14.7 Å². The summed E-state index contributed by atoms with van der Waals surface area (Å²) in [4.78, 5) is 57.7. The zero-order valence-corrected chi connectivity index (χ0v) is 22.1. The summed E-state index contributed by atoms with van der Waals surface area (Å²) in [6.07, 6.45) is 0. The lowest BCUT2D eigenvalue weighted by Crippen LogP contribution is -2.12. The van der Waals surface area contributed by atoms with Gasteiger partial charge < -0.3 is 14.6 Å². The Bertz CT molecular complexity index is 1150. The number of phenolic OH excluding ortho intramolecular Hbond substituents is 1. The SMILES string of the molecule is C[N+](=O)[O-].C[N+](=O)[O-].C[N+](=O)[O-].C[N+](=O)[O-].O=C(Oc1ccccc1)c1cc(O)cc(C(=O)Oc2ccccc2)c1. The van der Waals surface area contributed by atoms with E-state index >= 15 is 0 Å². The van der Waals surface area contributed by atoms with Crippen LogP contribution < -0.4 is 9.47 Å². The predicted molar refractivity (Wildman–Crippen MR) is 143 cm³/mol. The summed E-state index contributed by atoms with van der Waals surface area (Å²) in [5.74, 6) is -0.872. The average molecular weight is 578 g/mol. The quantitative estimate of drug-likeness (QED) is 0.202. The van der Waals surface area contributed by atoms with Crippen molar-refractivity contribution < 1.29 is 43.9 Å². The van der Waals surface area contributed by atoms with Crippen molar-refractivity contribution in [3.05, 3.63) is 130 Å². The van der Waals surface area contributed by atoms with Gasteiger partial charge in [-0.05, 0) is 42.5 Å². The van der Waals surface area contributed by atoms with Gasteiger partial charge in [-0.2, -0.15) is 0 Å². The molecule has 3 rings (SSSR count). The van der Waals surface area contributed by atoms with Gasteiger partial charge in [-0.25, -0.2) is 9.59 Å². The zero-order chi connectivity index (χ0) is 32.0. The molecule has 0 fully saturated rings. The lowest BCUT2D eigenvalue weighted by atomic mass is 10.1. The number of hydrogen-bond donors (Lipinski definition) is 1. The van der Waals surface area contributed by atoms with Crippen LogP contribution in [0, 0.1) is 40.5 Å². The Labute approximate surface area is 232 Å². The summed E-state index contributed by atoms with van der Waals surface area (Å²) >= 11 is 0. The summed E-state index contributed by atoms with van der Waals surface area (Å²) in [7, 11) is 3.56. The molecule has 0 aliphatic heterocycles. The maximum atomic E-state index is 12.2. The molecule has 0 aliphatic rings. The highest BCUT2D eigenvalue weighted by Gasteiger charge is 2.16. The van der Waals surface area contributed by atoms with E-state index in [0.717, 1.165) is 28.2 Å². The van der Waals surface area contributed by atoms with Gasteiger partial charge in [0.15, 0.2) is 28.2 Å². The van der Waals surface area contributed by atoms with Crippen LogP contribution in [0.1, 0.15) is 20.7 Å². The predicted octanol–water partition coefficient (Wildman–Crippen LogP) is 3.40. The topological polar surface area (TPSA) is 245 Å². The second-order valence-corrected chi connectivity index (χ2v) is 6.93. The number of esters is 2. The molecule has 0 aromatic heterocycles. The molecule has 0 unspecified atom stereocenters. The van der Waals surface area contributed by atoms with Crippen molar-refractivity contribution in [1.29, 1.82) is 0 Å². The molecule has 1 N–H and O–H groups in total. The number of carbonyl (C=O) groups excluding carboxylic acids is 2. The van der Waals surface area contributed by atoms with Gasteiger partial charge >= 0.3 is 11.9 Å². The first-order valence-corrected chi connectivity index (χ1v) is 10.8. The van der Waals surface area contributed by atoms with Crippen molar-refractivity contribution in [3.8, 4) is 17.2 Å². The van der Waals surface area contributed by atoms with E-state index in [0.29, 0.717) is 11.5 Å². The van der Waals surface area contributed by atoms with Gasteiger partial charge in [-0.15, -0.1) is 0 Å². The summed E-state index contributed by atoms with van der Waals surface area (Å²) in [5, 5.41) is 45.0. The third kappa shape index (κ3) is 24.1. The molecule has 0 heterocycles. The van der Waals surface area contributed by atoms with E-state index in [4.69, 9.17) is 49.9 Å². The highest BCUT2D eigenvalue weighted by molar-refractivity contribution is 5.97. The van der Waals surface area contributed by atoms with Crippen LogP contribution >= 0.6 is 0 Å². The van der Waals surface area contributed by atoms with Gasteiger partial charge in [0.1, 0.15) is 17.2 Å². The second-order valence-electron chi connectivity index (χ2n) is 6.93. The molecule has 0 amide bonds. The Morgan fingerprint density at radius 2 is 0.805 bits per heavy atom. The Balaban J connectivity index is 0. The molecule has 3 aromatic rings. The van der Waals surface area contributed by atoms with Crippen molar-refractivity contribution in [2.45, 2.75) is 0 Å². The number of nitrogens with zero attached hydrogens (tertiary/aromatic N) is 4. The largest absolute Gasteiger partial charge is 0.508 e. The molecule has 41 heavy (non-hydrogen) atoms. The fourth-order valence-electron chi connectivity index (χ4n) is 2.16. The first-order valence-electron chi connectivity index (χ1n) is 10.8. The summed E-state index contributed by atoms with van der Waals surface area (Å²) in [6.45, 7) is 0. The molecule has 17 nitrogen and oxygen atoms in total. The third-order valence-corrected chi connectivity index (χ3v) is 3.30. The fourth-order valence-corrected chi connectivity index (χ4v) is 2.16. The Morgan fingerprint density at radius 3 is 1.05 bits per heavy atom. The molecule has 0 bridgehead atoms. The number of ether oxygens (including phenoxy) is 2. The van der Waals surface area contributed by atoms with E-state index in [1.54, 1.807) is 60.7 Å². The lowest BCUT2D eigenvalue weighted by molar-refractivity contribution is -0.445. The van der Waals surface area contributed by atoms with Crippen LogP contribution in [0.15, 0.2) is 78.9 Å². The molecule has 0 radical (unpaired) electrons. The van der Waals surface area contributed by atoms with E-state index in [2.05, 4.69) is 0 Å². The summed E-state index contributed by atoms with van der Waals surface area (Å²) < 4.78 is 10.4. The van der Waals surface area contributed by atoms with Gasteiger partial charge in [0, 0.05) is 19.7 Å². The molecule has 3 aromatic carbocycles. The number of aromatic hydroxyl groups is 1. The average Bonchev–Trinajstić information content (AvgIpc) is 2.83. The lowest BCUT2D eigenvalue weighted by Gasteiger charge is -2.08. The highest BCUT2D eigenvalue weighted by Crippen LogP contribution is 2.20. The van der Waals surface area contributed by atoms with Gasteiger partial charge in [0.25, 0.3) is 0 Å². The van der Waals surface area contributed by atoms with Crippen LogP contribution in [0.3, 0.4) is 0 Å². The van der Waals surface area contributed by atoms with Crippen LogP contribution in [-0.2, 0) is 0 Å². The number of benzene rings is 3. The fraction of sp³-hybridized carbons (Fsp3) is 0.167. The van der Waals surface area contributed by atoms with Crippen LogP contribution in [0.5, 0.6) is 17.2 Å². The smallest absolute Gasteiger partial charge is 0.343 e. The number of nitro groups is 4. The first-order chi connectivity index (χ1) is 19.0. The molecule has 220 valence electrons. The highest BCUT2D eigenvalue weighted by atomic mass is 16.6. The van der Waals surface area contributed by atoms with Crippen molar-refractivity contribution >= 4 is 11.9 Å². The number of para-hydroxylation sites is 2. The molecular weight excluding hydrogens is 552 g/mol. The van der Waals surface area contributed by atoms with Crippen LogP contribution in [0.4, 0.5) is 0 Å². The monoisotopic (exact) mass is 578 g/mol. The minimum atomic E-state index is -0.684. The van der Waals surface area contributed by atoms with Crippen molar-refractivity contribution in [3.63, 3.8) is 0 Å². The summed E-state index contributed by atoms with van der Waals surface area (Å²) in [6, 6.07) is 20.8. The zero-order valence-electron chi connectivity index (χ0n) is 22.1. The van der Waals surface area contributed by atoms with E-state index in [-0.39, 0.29) is 16.9 Å². The second kappa shape index (κ2) is 21.0. The Hall–Kier alpha value is -6.00. The Morgan fingerprint density at radius 1 is 0.561 bits per heavy atom. The number of carbonyl (C=O) groups is 2. The van der Waals surface area contributed by atoms with E-state index in [1.807, 2.05) is 0 Å². The van der Waals surface area contributed by atoms with Gasteiger partial charge in [-0.1, -0.05) is 36.4 Å². The van der Waals surface area contributed by atoms with E-state index < -0.39 is 31.6 Å². The van der Waals surface area contributed by atoms with Crippen molar-refractivity contribution in [1.82, 2.24) is 0 Å². The minimum absolute atomic E-state index is 0.0452. The Kier molecular flexibility index (Phi) is 19.0. The number of hydrogen-bond acceptors (Lipinski definition) is 13. The van der Waals surface area contributed by atoms with Crippen LogP contribution in [0.25, 0.3) is 0 Å². The van der Waals surface area contributed by atoms with Gasteiger partial charge in [0.2, 0.25) is 0 Å². The van der Waals surface area contributed by atoms with Crippen LogP contribution in [-0.4, -0.2) is 64.9 Å². The molecule has 0 atom stereocenters. The maximum absolute atomic E-state index is 12.2. The minimum Gasteiger partial charge on any atom is -0.508 e. The number of phenols is 1. The van der Waals surface area contributed by atoms with Gasteiger partial charge in [-0.3, -0.25) is 40.5 Å². The molecule has 0 saturated heterocycles. The molecule has 17 heteroatoms. The normalized spacial score (nSPS) is 8.59. The van der Waals surface area contributed by atoms with Gasteiger partial charge in [0.05, 0.1) is 11.1 Å². The number of rotatable bonds is 4. The molecule has 0 saturated carbocycles.